The fourth-order valence-corrected chi connectivity index (χ4v) is 8.32. The molecule has 0 aromatic rings. The molecule has 5 nitrogen and oxygen atoms in total. The van der Waals surface area contributed by atoms with Crippen LogP contribution in [0.5, 0.6) is 0 Å². The summed E-state index contributed by atoms with van der Waals surface area (Å²) in [6, 6.07) is 0. The van der Waals surface area contributed by atoms with E-state index in [2.05, 4.69) is 133 Å². The van der Waals surface area contributed by atoms with Gasteiger partial charge in [0.15, 0.2) is 0 Å². The van der Waals surface area contributed by atoms with E-state index in [-0.39, 0.29) is 23.2 Å². The van der Waals surface area contributed by atoms with Gasteiger partial charge in [-0.2, -0.15) is 0 Å². The van der Waals surface area contributed by atoms with E-state index >= 15 is 0 Å². The molecule has 3 aliphatic heterocycles. The van der Waals surface area contributed by atoms with Crippen LogP contribution in [0.2, 0.25) is 0 Å². The lowest BCUT2D eigenvalue weighted by Crippen LogP contribution is -2.60. The second-order valence-corrected chi connectivity index (χ2v) is 17.5. The number of carbonyl (C=O) groups is 1. The molecule has 0 aliphatic carbocycles. The standard InChI is InChI=1S/C14H25NO2.C11H23N.C10H21N/c1-10(2)12(16)17-11-8-13(3,4)15(7)14(5,6)9-11;1-9-7-10(2,3)12(6)11(4,5)8-9;1-8-6-9(2,3)11-10(4,5)7-8/h11H,1,8-9H2,2-7H3;9H,7-8H2,1-6H3;8,11H,6-7H2,1-5H3. The van der Waals surface area contributed by atoms with Gasteiger partial charge in [0.25, 0.3) is 0 Å². The van der Waals surface area contributed by atoms with Gasteiger partial charge >= 0.3 is 5.97 Å². The second-order valence-electron chi connectivity index (χ2n) is 17.5. The molecule has 3 saturated heterocycles. The SMILES string of the molecule is C=C(C)C(=O)OC1CC(C)(C)N(C)C(C)(C)C1.CC1CC(C)(C)N(C)C(C)(C)C1.CC1CC(C)(C)NC(C)(C)C1. The first kappa shape index (κ1) is 37.1. The normalized spacial score (nSPS) is 27.8. The first-order valence-corrected chi connectivity index (χ1v) is 15.8. The Kier molecular flexibility index (Phi) is 11.8. The van der Waals surface area contributed by atoms with Gasteiger partial charge in [-0.3, -0.25) is 9.80 Å². The van der Waals surface area contributed by atoms with Crippen molar-refractivity contribution in [2.24, 2.45) is 11.8 Å². The van der Waals surface area contributed by atoms with E-state index in [1.807, 2.05) is 0 Å². The molecule has 1 N–H and O–H groups in total. The molecule has 236 valence electrons. The number of rotatable bonds is 2. The smallest absolute Gasteiger partial charge is 0.333 e. The molecule has 0 saturated carbocycles. The van der Waals surface area contributed by atoms with E-state index in [0.29, 0.717) is 27.7 Å². The van der Waals surface area contributed by atoms with Crippen molar-refractivity contribution in [3.63, 3.8) is 0 Å². The van der Waals surface area contributed by atoms with Crippen LogP contribution in [0.4, 0.5) is 0 Å². The van der Waals surface area contributed by atoms with Crippen molar-refractivity contribution in [2.45, 2.75) is 182 Å². The highest BCUT2D eigenvalue weighted by Gasteiger charge is 2.44. The van der Waals surface area contributed by atoms with Gasteiger partial charge in [0.05, 0.1) is 0 Å². The van der Waals surface area contributed by atoms with Crippen molar-refractivity contribution >= 4 is 5.97 Å². The number of piperidine rings is 3. The summed E-state index contributed by atoms with van der Waals surface area (Å²) in [5.74, 6) is 1.46. The van der Waals surface area contributed by atoms with E-state index in [9.17, 15) is 4.79 Å². The molecule has 0 unspecified atom stereocenters. The molecule has 3 rings (SSSR count). The molecule has 40 heavy (non-hydrogen) atoms. The Morgan fingerprint density at radius 2 is 0.950 bits per heavy atom. The molecule has 3 heterocycles. The highest BCUT2D eigenvalue weighted by molar-refractivity contribution is 5.87. The highest BCUT2D eigenvalue weighted by atomic mass is 16.5. The summed E-state index contributed by atoms with van der Waals surface area (Å²) >= 11 is 0. The maximum Gasteiger partial charge on any atom is 0.333 e. The van der Waals surface area contributed by atoms with Gasteiger partial charge in [0.2, 0.25) is 0 Å². The van der Waals surface area contributed by atoms with Crippen LogP contribution < -0.4 is 5.32 Å². The van der Waals surface area contributed by atoms with Crippen molar-refractivity contribution in [1.82, 2.24) is 15.1 Å². The Balaban J connectivity index is 0.000000309. The fraction of sp³-hybridized carbons (Fsp3) is 0.914. The minimum Gasteiger partial charge on any atom is -0.459 e. The lowest BCUT2D eigenvalue weighted by atomic mass is 9.75. The third-order valence-electron chi connectivity index (χ3n) is 9.80. The maximum absolute atomic E-state index is 11.6. The van der Waals surface area contributed by atoms with E-state index in [1.54, 1.807) is 6.92 Å². The van der Waals surface area contributed by atoms with Gasteiger partial charge in [-0.25, -0.2) is 4.79 Å². The van der Waals surface area contributed by atoms with Gasteiger partial charge in [-0.15, -0.1) is 0 Å². The average Bonchev–Trinajstić information content (AvgIpc) is 2.67. The van der Waals surface area contributed by atoms with Crippen molar-refractivity contribution in [2.75, 3.05) is 14.1 Å². The topological polar surface area (TPSA) is 44.8 Å². The number of likely N-dealkylation sites (tertiary alicyclic amines) is 2. The van der Waals surface area contributed by atoms with Crippen molar-refractivity contribution in [3.05, 3.63) is 12.2 Å². The predicted molar refractivity (Wildman–Crippen MR) is 174 cm³/mol. The van der Waals surface area contributed by atoms with Crippen LogP contribution in [0, 0.1) is 11.8 Å². The minimum atomic E-state index is -0.272. The second kappa shape index (κ2) is 12.8. The first-order chi connectivity index (χ1) is 17.6. The molecule has 0 amide bonds. The van der Waals surface area contributed by atoms with Crippen LogP contribution in [-0.4, -0.2) is 69.2 Å². The van der Waals surface area contributed by atoms with Crippen LogP contribution in [0.25, 0.3) is 0 Å². The first-order valence-electron chi connectivity index (χ1n) is 15.8. The molecule has 0 radical (unpaired) electrons. The monoisotopic (exact) mass is 564 g/mol. The predicted octanol–water partition coefficient (Wildman–Crippen LogP) is 8.23. The molecule has 0 aromatic carbocycles. The largest absolute Gasteiger partial charge is 0.459 e. The molecule has 3 aliphatic rings. The summed E-state index contributed by atoms with van der Waals surface area (Å²) in [5, 5.41) is 3.66. The molecule has 0 spiro atoms. The Bertz CT molecular complexity index is 816. The zero-order valence-electron chi connectivity index (χ0n) is 29.9. The molecular weight excluding hydrogens is 494 g/mol. The van der Waals surface area contributed by atoms with E-state index in [0.717, 1.165) is 24.7 Å². The molecular formula is C35H69N3O2. The fourth-order valence-electron chi connectivity index (χ4n) is 8.32. The summed E-state index contributed by atoms with van der Waals surface area (Å²) in [6.07, 6.45) is 6.98. The van der Waals surface area contributed by atoms with Crippen LogP contribution in [0.3, 0.4) is 0 Å². The van der Waals surface area contributed by atoms with Crippen LogP contribution in [0.1, 0.15) is 142 Å². The molecule has 0 bridgehead atoms. The lowest BCUT2D eigenvalue weighted by Gasteiger charge is -2.53. The number of carbonyl (C=O) groups excluding carboxylic acids is 1. The number of hydrogen-bond donors (Lipinski definition) is 1. The zero-order valence-corrected chi connectivity index (χ0v) is 29.9. The Hall–Kier alpha value is -0.910. The number of ether oxygens (including phenoxy) is 1. The Morgan fingerprint density at radius 3 is 1.25 bits per heavy atom. The Labute approximate surface area is 250 Å². The quantitative estimate of drug-likeness (QED) is 0.271. The Morgan fingerprint density at radius 1 is 0.650 bits per heavy atom. The van der Waals surface area contributed by atoms with Crippen LogP contribution in [0.15, 0.2) is 12.2 Å². The van der Waals surface area contributed by atoms with Crippen molar-refractivity contribution in [3.8, 4) is 0 Å². The zero-order chi connectivity index (χ0) is 31.7. The van der Waals surface area contributed by atoms with E-state index in [1.165, 1.54) is 25.7 Å². The van der Waals surface area contributed by atoms with Crippen LogP contribution in [-0.2, 0) is 9.53 Å². The molecule has 3 fully saturated rings. The number of nitrogens with zero attached hydrogens (tertiary/aromatic N) is 2. The summed E-state index contributed by atoms with van der Waals surface area (Å²) < 4.78 is 5.51. The summed E-state index contributed by atoms with van der Waals surface area (Å²) in [5.41, 5.74) is 1.98. The summed E-state index contributed by atoms with van der Waals surface area (Å²) in [6.45, 7) is 37.4. The van der Waals surface area contributed by atoms with Gasteiger partial charge in [-0.05, 0) is 142 Å². The van der Waals surface area contributed by atoms with E-state index < -0.39 is 0 Å². The summed E-state index contributed by atoms with van der Waals surface area (Å²) in [4.78, 5) is 16.5. The van der Waals surface area contributed by atoms with Crippen molar-refractivity contribution in [1.29, 1.82) is 0 Å². The molecule has 5 heteroatoms. The average molecular weight is 564 g/mol. The van der Waals surface area contributed by atoms with Crippen LogP contribution >= 0.6 is 0 Å². The number of nitrogens with one attached hydrogen (secondary N) is 1. The minimum absolute atomic E-state index is 0.0135. The number of esters is 1. The maximum atomic E-state index is 11.6. The lowest BCUT2D eigenvalue weighted by molar-refractivity contribution is -0.154. The van der Waals surface area contributed by atoms with E-state index in [4.69, 9.17) is 4.74 Å². The highest BCUT2D eigenvalue weighted by Crippen LogP contribution is 2.40. The van der Waals surface area contributed by atoms with Gasteiger partial charge < -0.3 is 10.1 Å². The van der Waals surface area contributed by atoms with Gasteiger partial charge in [0.1, 0.15) is 6.10 Å². The van der Waals surface area contributed by atoms with Crippen molar-refractivity contribution < 1.29 is 9.53 Å². The molecule has 0 atom stereocenters. The molecule has 0 aromatic heterocycles. The summed E-state index contributed by atoms with van der Waals surface area (Å²) in [7, 11) is 4.39. The van der Waals surface area contributed by atoms with Gasteiger partial charge in [-0.1, -0.05) is 20.4 Å². The van der Waals surface area contributed by atoms with Gasteiger partial charge in [0, 0.05) is 51.6 Å². The third-order valence-corrected chi connectivity index (χ3v) is 9.80. The third kappa shape index (κ3) is 10.7. The number of hydrogen-bond acceptors (Lipinski definition) is 5.